The molecule has 1 aromatic heterocycles. The zero-order valence-corrected chi connectivity index (χ0v) is 18.0. The first-order valence-corrected chi connectivity index (χ1v) is 10.4. The third-order valence-electron chi connectivity index (χ3n) is 5.86. The Morgan fingerprint density at radius 3 is 2.44 bits per heavy atom. The quantitative estimate of drug-likeness (QED) is 0.600. The highest BCUT2D eigenvalue weighted by Crippen LogP contribution is 2.48. The van der Waals surface area contributed by atoms with Crippen LogP contribution in [-0.2, 0) is 21.4 Å². The van der Waals surface area contributed by atoms with Gasteiger partial charge in [0.25, 0.3) is 11.5 Å². The number of anilines is 1. The van der Waals surface area contributed by atoms with Gasteiger partial charge < -0.3 is 10.1 Å². The summed E-state index contributed by atoms with van der Waals surface area (Å²) in [6, 6.07) is 15.1. The van der Waals surface area contributed by atoms with Crippen molar-refractivity contribution < 1.29 is 18.7 Å². The maximum atomic E-state index is 13.1. The second-order valence-electron chi connectivity index (χ2n) is 8.01. The van der Waals surface area contributed by atoms with Crippen LogP contribution < -0.4 is 10.9 Å². The van der Waals surface area contributed by atoms with Crippen molar-refractivity contribution in [2.24, 2.45) is 13.0 Å². The van der Waals surface area contributed by atoms with E-state index in [-0.39, 0.29) is 28.9 Å². The largest absolute Gasteiger partial charge is 0.452 e. The third-order valence-corrected chi connectivity index (χ3v) is 5.86. The maximum Gasteiger partial charge on any atom is 0.310 e. The summed E-state index contributed by atoms with van der Waals surface area (Å²) in [4.78, 5) is 38.0. The molecule has 1 aliphatic rings. The van der Waals surface area contributed by atoms with Gasteiger partial charge in [0.1, 0.15) is 11.5 Å². The topological polar surface area (TPSA) is 82.3 Å². The number of aromatic nitrogens is 2. The lowest BCUT2D eigenvalue weighted by molar-refractivity contribution is -0.154. The van der Waals surface area contributed by atoms with Gasteiger partial charge in [-0.15, -0.1) is 0 Å². The van der Waals surface area contributed by atoms with Gasteiger partial charge in [-0.05, 0) is 56.0 Å². The van der Waals surface area contributed by atoms with Crippen LogP contribution in [0.25, 0.3) is 5.69 Å². The zero-order chi connectivity index (χ0) is 23.0. The lowest BCUT2D eigenvalue weighted by Crippen LogP contribution is -2.32. The number of benzene rings is 2. The van der Waals surface area contributed by atoms with Crippen molar-refractivity contribution in [2.75, 3.05) is 5.32 Å². The molecule has 3 atom stereocenters. The molecule has 0 spiro atoms. The van der Waals surface area contributed by atoms with Crippen molar-refractivity contribution in [3.05, 3.63) is 82.0 Å². The summed E-state index contributed by atoms with van der Waals surface area (Å²) >= 11 is 0. The molecule has 3 unspecified atom stereocenters. The minimum absolute atomic E-state index is 0.0344. The van der Waals surface area contributed by atoms with Gasteiger partial charge in [0.05, 0.1) is 17.3 Å². The van der Waals surface area contributed by atoms with E-state index in [0.29, 0.717) is 17.8 Å². The number of amides is 1. The van der Waals surface area contributed by atoms with E-state index in [9.17, 15) is 18.8 Å². The van der Waals surface area contributed by atoms with Gasteiger partial charge in [0.2, 0.25) is 0 Å². The molecule has 32 heavy (non-hydrogen) atoms. The van der Waals surface area contributed by atoms with E-state index in [4.69, 9.17) is 4.74 Å². The molecule has 1 saturated carbocycles. The fourth-order valence-corrected chi connectivity index (χ4v) is 3.79. The highest BCUT2D eigenvalue weighted by atomic mass is 19.1. The summed E-state index contributed by atoms with van der Waals surface area (Å²) in [7, 11) is 1.73. The Bertz CT molecular complexity index is 1210. The Morgan fingerprint density at radius 2 is 1.78 bits per heavy atom. The van der Waals surface area contributed by atoms with Crippen LogP contribution in [0, 0.1) is 18.7 Å². The molecule has 0 radical (unpaired) electrons. The molecule has 0 saturated heterocycles. The Balaban J connectivity index is 1.42. The molecule has 1 heterocycles. The molecular weight excluding hydrogens is 413 g/mol. The minimum Gasteiger partial charge on any atom is -0.452 e. The molecule has 0 bridgehead atoms. The predicted molar refractivity (Wildman–Crippen MR) is 117 cm³/mol. The molecule has 0 aliphatic heterocycles. The highest BCUT2D eigenvalue weighted by molar-refractivity contribution is 5.95. The first kappa shape index (κ1) is 21.5. The van der Waals surface area contributed by atoms with Crippen LogP contribution in [0.4, 0.5) is 10.1 Å². The number of hydrogen-bond acceptors (Lipinski definition) is 4. The minimum atomic E-state index is -1.07. The summed E-state index contributed by atoms with van der Waals surface area (Å²) in [5, 5.41) is 2.61. The fraction of sp³-hybridized carbons (Fsp3) is 0.292. The number of rotatable bonds is 6. The zero-order valence-electron chi connectivity index (χ0n) is 18.0. The number of ether oxygens (including phenoxy) is 1. The SMILES string of the molecule is Cc1c(NC(=O)C(C)OC(=O)C2CC2c2ccc(F)cc2)c(=O)n(-c2ccccc2)n1C. The van der Waals surface area contributed by atoms with Gasteiger partial charge >= 0.3 is 5.97 Å². The number of carbonyl (C=O) groups excluding carboxylic acids is 2. The monoisotopic (exact) mass is 437 g/mol. The molecule has 8 heteroatoms. The van der Waals surface area contributed by atoms with Gasteiger partial charge in [0, 0.05) is 7.05 Å². The molecule has 1 aliphatic carbocycles. The number of para-hydroxylation sites is 1. The summed E-state index contributed by atoms with van der Waals surface area (Å²) in [5.41, 5.74) is 1.88. The smallest absolute Gasteiger partial charge is 0.310 e. The molecule has 1 fully saturated rings. The molecule has 4 rings (SSSR count). The van der Waals surface area contributed by atoms with Crippen LogP contribution in [-0.4, -0.2) is 27.3 Å². The Morgan fingerprint density at radius 1 is 1.12 bits per heavy atom. The van der Waals surface area contributed by atoms with Crippen molar-refractivity contribution in [3.63, 3.8) is 0 Å². The van der Waals surface area contributed by atoms with Crippen LogP contribution in [0.1, 0.15) is 30.5 Å². The summed E-state index contributed by atoms with van der Waals surface area (Å²) in [6.07, 6.45) is -0.473. The van der Waals surface area contributed by atoms with Crippen LogP contribution in [0.3, 0.4) is 0 Å². The number of esters is 1. The van der Waals surface area contributed by atoms with Crippen LogP contribution in [0.5, 0.6) is 0 Å². The molecule has 166 valence electrons. The van der Waals surface area contributed by atoms with Gasteiger partial charge in [-0.2, -0.15) is 0 Å². The highest BCUT2D eigenvalue weighted by Gasteiger charge is 2.46. The normalized spacial score (nSPS) is 18.1. The number of hydrogen-bond donors (Lipinski definition) is 1. The Labute approximate surface area is 184 Å². The summed E-state index contributed by atoms with van der Waals surface area (Å²) in [6.45, 7) is 3.20. The van der Waals surface area contributed by atoms with E-state index < -0.39 is 18.0 Å². The number of nitrogens with one attached hydrogen (secondary N) is 1. The molecular formula is C24H24FN3O4. The lowest BCUT2D eigenvalue weighted by Gasteiger charge is -2.13. The van der Waals surface area contributed by atoms with Crippen molar-refractivity contribution in [1.29, 1.82) is 0 Å². The van der Waals surface area contributed by atoms with Gasteiger partial charge in [-0.3, -0.25) is 19.1 Å². The van der Waals surface area contributed by atoms with Crippen molar-refractivity contribution in [1.82, 2.24) is 9.36 Å². The predicted octanol–water partition coefficient (Wildman–Crippen LogP) is 3.30. The van der Waals surface area contributed by atoms with Gasteiger partial charge in [-0.1, -0.05) is 30.3 Å². The molecule has 7 nitrogen and oxygen atoms in total. The second kappa shape index (κ2) is 8.45. The Kier molecular flexibility index (Phi) is 5.69. The molecule has 2 aromatic carbocycles. The number of carbonyl (C=O) groups is 2. The maximum absolute atomic E-state index is 13.1. The van der Waals surface area contributed by atoms with Crippen molar-refractivity contribution in [2.45, 2.75) is 32.3 Å². The van der Waals surface area contributed by atoms with Crippen molar-refractivity contribution in [3.8, 4) is 5.69 Å². The van der Waals surface area contributed by atoms with E-state index in [1.165, 1.54) is 23.7 Å². The van der Waals surface area contributed by atoms with Crippen LogP contribution in [0.2, 0.25) is 0 Å². The first-order chi connectivity index (χ1) is 15.3. The van der Waals surface area contributed by atoms with Crippen LogP contribution >= 0.6 is 0 Å². The van der Waals surface area contributed by atoms with Gasteiger partial charge in [-0.25, -0.2) is 9.07 Å². The van der Waals surface area contributed by atoms with Crippen LogP contribution in [0.15, 0.2) is 59.4 Å². The van der Waals surface area contributed by atoms with E-state index in [0.717, 1.165) is 5.56 Å². The van der Waals surface area contributed by atoms with E-state index in [2.05, 4.69) is 5.32 Å². The average Bonchev–Trinajstić information content (AvgIpc) is 3.55. The number of nitrogens with zero attached hydrogens (tertiary/aromatic N) is 2. The first-order valence-electron chi connectivity index (χ1n) is 10.4. The van der Waals surface area contributed by atoms with Crippen molar-refractivity contribution >= 4 is 17.6 Å². The van der Waals surface area contributed by atoms with E-state index >= 15 is 0 Å². The second-order valence-corrected chi connectivity index (χ2v) is 8.01. The lowest BCUT2D eigenvalue weighted by atomic mass is 10.1. The van der Waals surface area contributed by atoms with E-state index in [1.807, 2.05) is 18.2 Å². The number of halogens is 1. The average molecular weight is 437 g/mol. The third kappa shape index (κ3) is 4.08. The molecule has 3 aromatic rings. The van der Waals surface area contributed by atoms with Gasteiger partial charge in [0.15, 0.2) is 6.10 Å². The summed E-state index contributed by atoms with van der Waals surface area (Å²) < 4.78 is 21.5. The Hall–Kier alpha value is -3.68. The molecule has 1 N–H and O–H groups in total. The molecule has 1 amide bonds. The standard InChI is InChI=1S/C24H24FN3O4/c1-14-21(23(30)28(27(14)3)18-7-5-4-6-8-18)26-22(29)15(2)32-24(31)20-13-19(20)16-9-11-17(25)12-10-16/h4-12,15,19-20H,13H2,1-3H3,(H,26,29). The summed E-state index contributed by atoms with van der Waals surface area (Å²) in [5.74, 6) is -1.78. The fourth-order valence-electron chi connectivity index (χ4n) is 3.79. The van der Waals surface area contributed by atoms with E-state index in [1.54, 1.807) is 42.9 Å².